The Hall–Kier alpha value is -3.72. The van der Waals surface area contributed by atoms with Crippen LogP contribution in [0.5, 0.6) is 5.75 Å². The van der Waals surface area contributed by atoms with Crippen LogP contribution in [-0.2, 0) is 11.3 Å². The third-order valence-corrected chi connectivity index (χ3v) is 6.62. The van der Waals surface area contributed by atoms with E-state index in [9.17, 15) is 18.8 Å². The summed E-state index contributed by atoms with van der Waals surface area (Å²) in [4.78, 5) is 41.6. The SMILES string of the molecule is Cc1ccc2c(c1)N(C(=O)Cn1c(=O)n(-c3ccc(F)cc3C)c(=O)c3sccc31)CCO2. The molecule has 2 aromatic heterocycles. The highest BCUT2D eigenvalue weighted by atomic mass is 32.1. The van der Waals surface area contributed by atoms with Crippen molar-refractivity contribution < 1.29 is 13.9 Å². The molecule has 0 unspecified atom stereocenters. The van der Waals surface area contributed by atoms with Crippen molar-refractivity contribution in [2.75, 3.05) is 18.1 Å². The minimum atomic E-state index is -0.647. The Morgan fingerprint density at radius 3 is 2.70 bits per heavy atom. The second-order valence-corrected chi connectivity index (χ2v) is 8.86. The Kier molecular flexibility index (Phi) is 5.13. The molecule has 9 heteroatoms. The summed E-state index contributed by atoms with van der Waals surface area (Å²) in [6, 6.07) is 11.1. The van der Waals surface area contributed by atoms with Crippen LogP contribution in [0.15, 0.2) is 57.4 Å². The first-order valence-electron chi connectivity index (χ1n) is 10.4. The molecule has 1 aliphatic heterocycles. The molecule has 33 heavy (non-hydrogen) atoms. The van der Waals surface area contributed by atoms with E-state index in [-0.39, 0.29) is 18.1 Å². The number of amides is 1. The smallest absolute Gasteiger partial charge is 0.336 e. The van der Waals surface area contributed by atoms with Gasteiger partial charge in [-0.1, -0.05) is 6.07 Å². The van der Waals surface area contributed by atoms with Gasteiger partial charge in [0.1, 0.15) is 29.4 Å². The van der Waals surface area contributed by atoms with Crippen LogP contribution >= 0.6 is 11.3 Å². The summed E-state index contributed by atoms with van der Waals surface area (Å²) in [7, 11) is 0. The molecule has 1 amide bonds. The molecule has 0 spiro atoms. The minimum absolute atomic E-state index is 0.250. The van der Waals surface area contributed by atoms with Gasteiger partial charge in [-0.2, -0.15) is 0 Å². The molecule has 0 atom stereocenters. The van der Waals surface area contributed by atoms with E-state index in [0.717, 1.165) is 10.1 Å². The number of benzene rings is 2. The maximum Gasteiger partial charge on any atom is 0.336 e. The van der Waals surface area contributed by atoms with E-state index < -0.39 is 17.1 Å². The molecule has 5 rings (SSSR count). The highest BCUT2D eigenvalue weighted by Gasteiger charge is 2.26. The topological polar surface area (TPSA) is 73.5 Å². The summed E-state index contributed by atoms with van der Waals surface area (Å²) in [6.07, 6.45) is 0. The Morgan fingerprint density at radius 1 is 1.09 bits per heavy atom. The van der Waals surface area contributed by atoms with Crippen molar-refractivity contribution in [3.63, 3.8) is 0 Å². The quantitative estimate of drug-likeness (QED) is 0.465. The number of ether oxygens (including phenoxy) is 1. The molecular formula is C24H20FN3O4S. The van der Waals surface area contributed by atoms with E-state index in [1.165, 1.54) is 34.1 Å². The van der Waals surface area contributed by atoms with Gasteiger partial charge in [0.05, 0.1) is 23.4 Å². The number of aryl methyl sites for hydroxylation is 2. The van der Waals surface area contributed by atoms with Crippen LogP contribution in [0.25, 0.3) is 15.9 Å². The molecule has 1 aliphatic rings. The lowest BCUT2D eigenvalue weighted by atomic mass is 10.1. The predicted molar refractivity (Wildman–Crippen MR) is 125 cm³/mol. The fourth-order valence-electron chi connectivity index (χ4n) is 4.13. The second-order valence-electron chi connectivity index (χ2n) is 7.94. The Labute approximate surface area is 191 Å². The highest BCUT2D eigenvalue weighted by Crippen LogP contribution is 2.32. The van der Waals surface area contributed by atoms with Crippen LogP contribution in [0.2, 0.25) is 0 Å². The highest BCUT2D eigenvalue weighted by molar-refractivity contribution is 7.17. The van der Waals surface area contributed by atoms with Crippen LogP contribution in [0.1, 0.15) is 11.1 Å². The summed E-state index contributed by atoms with van der Waals surface area (Å²) >= 11 is 1.20. The summed E-state index contributed by atoms with van der Waals surface area (Å²) in [5.41, 5.74) is 1.63. The van der Waals surface area contributed by atoms with Crippen LogP contribution in [0, 0.1) is 19.7 Å². The van der Waals surface area contributed by atoms with Gasteiger partial charge in [-0.05, 0) is 66.8 Å². The van der Waals surface area contributed by atoms with Crippen molar-refractivity contribution in [3.05, 3.63) is 85.6 Å². The predicted octanol–water partition coefficient (Wildman–Crippen LogP) is 3.40. The lowest BCUT2D eigenvalue weighted by Gasteiger charge is -2.30. The lowest BCUT2D eigenvalue weighted by molar-refractivity contribution is -0.119. The molecule has 0 radical (unpaired) electrons. The van der Waals surface area contributed by atoms with Crippen molar-refractivity contribution in [1.29, 1.82) is 0 Å². The van der Waals surface area contributed by atoms with Gasteiger partial charge in [0, 0.05) is 0 Å². The zero-order chi connectivity index (χ0) is 23.3. The number of rotatable bonds is 3. The number of carbonyl (C=O) groups excluding carboxylic acids is 1. The molecule has 0 fully saturated rings. The number of aromatic nitrogens is 2. The Bertz CT molecular complexity index is 1540. The Morgan fingerprint density at radius 2 is 1.91 bits per heavy atom. The van der Waals surface area contributed by atoms with Crippen molar-refractivity contribution in [1.82, 2.24) is 9.13 Å². The van der Waals surface area contributed by atoms with Crippen LogP contribution in [0.3, 0.4) is 0 Å². The number of hydrogen-bond acceptors (Lipinski definition) is 5. The maximum atomic E-state index is 13.6. The van der Waals surface area contributed by atoms with Gasteiger partial charge < -0.3 is 9.64 Å². The van der Waals surface area contributed by atoms with Crippen LogP contribution in [-0.4, -0.2) is 28.2 Å². The fourth-order valence-corrected chi connectivity index (χ4v) is 4.95. The summed E-state index contributed by atoms with van der Waals surface area (Å²) < 4.78 is 22.0. The van der Waals surface area contributed by atoms with E-state index in [1.807, 2.05) is 25.1 Å². The lowest BCUT2D eigenvalue weighted by Crippen LogP contribution is -2.44. The van der Waals surface area contributed by atoms with Crippen molar-refractivity contribution >= 4 is 33.1 Å². The Balaban J connectivity index is 1.64. The summed E-state index contributed by atoms with van der Waals surface area (Å²) in [5.74, 6) is -0.140. The van der Waals surface area contributed by atoms with Gasteiger partial charge in [0.15, 0.2) is 0 Å². The van der Waals surface area contributed by atoms with Gasteiger partial charge in [0.25, 0.3) is 5.56 Å². The first-order valence-corrected chi connectivity index (χ1v) is 11.3. The van der Waals surface area contributed by atoms with Crippen molar-refractivity contribution in [2.45, 2.75) is 20.4 Å². The third-order valence-electron chi connectivity index (χ3n) is 5.73. The largest absolute Gasteiger partial charge is 0.490 e. The zero-order valence-corrected chi connectivity index (χ0v) is 18.8. The zero-order valence-electron chi connectivity index (χ0n) is 18.0. The first kappa shape index (κ1) is 21.1. The average Bonchev–Trinajstić information content (AvgIpc) is 3.27. The van der Waals surface area contributed by atoms with E-state index in [4.69, 9.17) is 4.74 Å². The van der Waals surface area contributed by atoms with Crippen LogP contribution < -0.4 is 20.9 Å². The molecular weight excluding hydrogens is 445 g/mol. The monoisotopic (exact) mass is 465 g/mol. The van der Waals surface area contributed by atoms with Gasteiger partial charge in [-0.15, -0.1) is 11.3 Å². The van der Waals surface area contributed by atoms with Gasteiger partial charge in [0.2, 0.25) is 5.91 Å². The molecule has 7 nitrogen and oxygen atoms in total. The normalized spacial score (nSPS) is 13.1. The summed E-state index contributed by atoms with van der Waals surface area (Å²) in [6.45, 7) is 4.01. The van der Waals surface area contributed by atoms with E-state index in [1.54, 1.807) is 23.3 Å². The second kappa shape index (κ2) is 8.00. The van der Waals surface area contributed by atoms with Crippen molar-refractivity contribution in [2.24, 2.45) is 0 Å². The molecule has 0 N–H and O–H groups in total. The minimum Gasteiger partial charge on any atom is -0.490 e. The van der Waals surface area contributed by atoms with Crippen molar-refractivity contribution in [3.8, 4) is 11.4 Å². The standard InChI is InChI=1S/C24H20FN3O4S/c1-14-3-6-20-19(11-14)26(8-9-32-20)21(29)13-27-18-7-10-33-22(18)23(30)28(24(27)31)17-5-4-16(25)12-15(17)2/h3-7,10-12H,8-9,13H2,1-2H3. The maximum absolute atomic E-state index is 13.6. The molecule has 0 saturated heterocycles. The number of hydrogen-bond donors (Lipinski definition) is 0. The van der Waals surface area contributed by atoms with E-state index in [0.29, 0.717) is 40.4 Å². The van der Waals surface area contributed by atoms with E-state index >= 15 is 0 Å². The average molecular weight is 466 g/mol. The molecule has 3 heterocycles. The van der Waals surface area contributed by atoms with Gasteiger partial charge >= 0.3 is 5.69 Å². The fraction of sp³-hybridized carbons (Fsp3) is 0.208. The third kappa shape index (κ3) is 3.54. The number of nitrogens with zero attached hydrogens (tertiary/aromatic N) is 3. The number of carbonyl (C=O) groups is 1. The summed E-state index contributed by atoms with van der Waals surface area (Å²) in [5, 5.41) is 1.71. The molecule has 2 aromatic carbocycles. The molecule has 0 bridgehead atoms. The number of anilines is 1. The number of halogens is 1. The van der Waals surface area contributed by atoms with E-state index in [2.05, 4.69) is 0 Å². The molecule has 168 valence electrons. The van der Waals surface area contributed by atoms with Gasteiger partial charge in [-0.25, -0.2) is 13.8 Å². The van der Waals surface area contributed by atoms with Crippen LogP contribution in [0.4, 0.5) is 10.1 Å². The first-order chi connectivity index (χ1) is 15.8. The molecule has 0 aliphatic carbocycles. The number of fused-ring (bicyclic) bond motifs is 2. The number of thiophene rings is 1. The molecule has 4 aromatic rings. The van der Waals surface area contributed by atoms with Gasteiger partial charge in [-0.3, -0.25) is 14.2 Å². The molecule has 0 saturated carbocycles.